The van der Waals surface area contributed by atoms with Crippen molar-refractivity contribution in [2.45, 2.75) is 51.0 Å². The summed E-state index contributed by atoms with van der Waals surface area (Å²) in [6.07, 6.45) is 6.96. The zero-order chi connectivity index (χ0) is 12.7. The number of carboxylic acid groups (broad SMARTS) is 1. The van der Waals surface area contributed by atoms with E-state index in [9.17, 15) is 9.59 Å². The van der Waals surface area contributed by atoms with E-state index in [0.717, 1.165) is 25.7 Å². The highest BCUT2D eigenvalue weighted by molar-refractivity contribution is 5.76. The molecule has 0 aromatic carbocycles. The normalized spacial score (nSPS) is 17.9. The highest BCUT2D eigenvalue weighted by Gasteiger charge is 2.21. The van der Waals surface area contributed by atoms with Gasteiger partial charge in [-0.3, -0.25) is 14.5 Å². The van der Waals surface area contributed by atoms with Gasteiger partial charge < -0.3 is 10.8 Å². The lowest BCUT2D eigenvalue weighted by atomic mass is 10.1. The molecule has 0 aromatic heterocycles. The number of rotatable bonds is 6. The Kier molecular flexibility index (Phi) is 5.97. The predicted octanol–water partition coefficient (Wildman–Crippen LogP) is 0.971. The fourth-order valence-electron chi connectivity index (χ4n) is 2.45. The second kappa shape index (κ2) is 7.27. The van der Waals surface area contributed by atoms with Crippen LogP contribution in [0.1, 0.15) is 44.9 Å². The fraction of sp³-hybridized carbons (Fsp3) is 0.833. The van der Waals surface area contributed by atoms with Crippen LogP contribution in [0.15, 0.2) is 0 Å². The average Bonchev–Trinajstić information content (AvgIpc) is 2.51. The molecule has 17 heavy (non-hydrogen) atoms. The third-order valence-electron chi connectivity index (χ3n) is 3.31. The van der Waals surface area contributed by atoms with Crippen molar-refractivity contribution in [1.29, 1.82) is 0 Å². The number of hydrogen-bond donors (Lipinski definition) is 2. The van der Waals surface area contributed by atoms with E-state index in [1.54, 1.807) is 0 Å². The van der Waals surface area contributed by atoms with Gasteiger partial charge in [0.25, 0.3) is 0 Å². The monoisotopic (exact) mass is 242 g/mol. The highest BCUT2D eigenvalue weighted by atomic mass is 16.4. The molecular weight excluding hydrogens is 220 g/mol. The zero-order valence-corrected chi connectivity index (χ0v) is 10.2. The number of carbonyl (C=O) groups excluding carboxylic acids is 1. The Morgan fingerprint density at radius 2 is 1.76 bits per heavy atom. The van der Waals surface area contributed by atoms with Crippen molar-refractivity contribution in [2.75, 3.05) is 13.1 Å². The standard InChI is InChI=1S/C12H22N2O3/c13-11(15)9-14(8-7-12(16)17)10-5-3-1-2-4-6-10/h10H,1-9H2,(H2,13,15)(H,16,17). The Hall–Kier alpha value is -1.10. The lowest BCUT2D eigenvalue weighted by Crippen LogP contribution is -2.42. The molecule has 0 heterocycles. The number of primary amides is 1. The van der Waals surface area contributed by atoms with Crippen LogP contribution < -0.4 is 5.73 Å². The minimum absolute atomic E-state index is 0.0732. The van der Waals surface area contributed by atoms with Crippen LogP contribution in [0, 0.1) is 0 Å². The van der Waals surface area contributed by atoms with Crippen molar-refractivity contribution in [2.24, 2.45) is 5.73 Å². The summed E-state index contributed by atoms with van der Waals surface area (Å²) < 4.78 is 0. The zero-order valence-electron chi connectivity index (χ0n) is 10.2. The van der Waals surface area contributed by atoms with E-state index in [1.807, 2.05) is 4.90 Å². The number of hydrogen-bond acceptors (Lipinski definition) is 3. The van der Waals surface area contributed by atoms with Crippen LogP contribution in [0.5, 0.6) is 0 Å². The molecule has 3 N–H and O–H groups in total. The molecule has 1 rings (SSSR count). The fourth-order valence-corrected chi connectivity index (χ4v) is 2.45. The number of carboxylic acids is 1. The van der Waals surface area contributed by atoms with Gasteiger partial charge >= 0.3 is 5.97 Å². The van der Waals surface area contributed by atoms with Gasteiger partial charge in [0.15, 0.2) is 0 Å². The van der Waals surface area contributed by atoms with Crippen LogP contribution in [0.4, 0.5) is 0 Å². The lowest BCUT2D eigenvalue weighted by molar-refractivity contribution is -0.138. The molecule has 1 aliphatic rings. The largest absolute Gasteiger partial charge is 0.481 e. The number of amides is 1. The first kappa shape index (κ1) is 14.0. The van der Waals surface area contributed by atoms with Gasteiger partial charge in [-0.2, -0.15) is 0 Å². The summed E-state index contributed by atoms with van der Waals surface area (Å²) in [5.41, 5.74) is 5.22. The van der Waals surface area contributed by atoms with Gasteiger partial charge in [-0.15, -0.1) is 0 Å². The molecule has 0 unspecified atom stereocenters. The predicted molar refractivity (Wildman–Crippen MR) is 64.5 cm³/mol. The van der Waals surface area contributed by atoms with Crippen molar-refractivity contribution < 1.29 is 14.7 Å². The summed E-state index contributed by atoms with van der Waals surface area (Å²) in [5.74, 6) is -1.20. The first-order valence-corrected chi connectivity index (χ1v) is 6.33. The van der Waals surface area contributed by atoms with Crippen LogP contribution in [-0.2, 0) is 9.59 Å². The van der Waals surface area contributed by atoms with Crippen LogP contribution in [0.3, 0.4) is 0 Å². The van der Waals surface area contributed by atoms with Gasteiger partial charge in [0.05, 0.1) is 13.0 Å². The van der Waals surface area contributed by atoms with Crippen molar-refractivity contribution in [1.82, 2.24) is 4.90 Å². The second-order valence-corrected chi connectivity index (χ2v) is 4.73. The quantitative estimate of drug-likeness (QED) is 0.680. The Morgan fingerprint density at radius 3 is 2.24 bits per heavy atom. The highest BCUT2D eigenvalue weighted by Crippen LogP contribution is 2.21. The number of aliphatic carboxylic acids is 1. The molecule has 5 nitrogen and oxygen atoms in total. The van der Waals surface area contributed by atoms with E-state index in [0.29, 0.717) is 12.6 Å². The van der Waals surface area contributed by atoms with E-state index in [2.05, 4.69) is 0 Å². The molecule has 0 atom stereocenters. The van der Waals surface area contributed by atoms with Crippen LogP contribution >= 0.6 is 0 Å². The molecule has 0 saturated heterocycles. The van der Waals surface area contributed by atoms with Crippen molar-refractivity contribution in [3.8, 4) is 0 Å². The Morgan fingerprint density at radius 1 is 1.18 bits per heavy atom. The van der Waals surface area contributed by atoms with Gasteiger partial charge in [0.1, 0.15) is 0 Å². The summed E-state index contributed by atoms with van der Waals surface area (Å²) in [6.45, 7) is 0.598. The van der Waals surface area contributed by atoms with E-state index in [4.69, 9.17) is 10.8 Å². The number of nitrogens with two attached hydrogens (primary N) is 1. The van der Waals surface area contributed by atoms with Crippen molar-refractivity contribution in [3.05, 3.63) is 0 Å². The first-order valence-electron chi connectivity index (χ1n) is 6.33. The third-order valence-corrected chi connectivity index (χ3v) is 3.31. The Balaban J connectivity index is 2.52. The van der Waals surface area contributed by atoms with E-state index < -0.39 is 5.97 Å². The van der Waals surface area contributed by atoms with Gasteiger partial charge in [0, 0.05) is 12.6 Å². The van der Waals surface area contributed by atoms with Crippen LogP contribution in [0.25, 0.3) is 0 Å². The molecule has 1 amide bonds. The third kappa shape index (κ3) is 5.68. The number of carbonyl (C=O) groups is 2. The molecule has 5 heteroatoms. The molecule has 0 aliphatic heterocycles. The molecule has 0 radical (unpaired) electrons. The first-order chi connectivity index (χ1) is 8.09. The maximum atomic E-state index is 11.0. The summed E-state index contributed by atoms with van der Waals surface area (Å²) in [7, 11) is 0. The van der Waals surface area contributed by atoms with Gasteiger partial charge in [0.2, 0.25) is 5.91 Å². The maximum absolute atomic E-state index is 11.0. The minimum Gasteiger partial charge on any atom is -0.481 e. The topological polar surface area (TPSA) is 83.6 Å². The van der Waals surface area contributed by atoms with Gasteiger partial charge in [-0.05, 0) is 12.8 Å². The molecule has 1 saturated carbocycles. The Bertz CT molecular complexity index is 260. The van der Waals surface area contributed by atoms with Crippen LogP contribution in [-0.4, -0.2) is 41.0 Å². The molecule has 1 aliphatic carbocycles. The summed E-state index contributed by atoms with van der Waals surface area (Å²) in [4.78, 5) is 23.6. The van der Waals surface area contributed by atoms with Crippen molar-refractivity contribution in [3.63, 3.8) is 0 Å². The summed E-state index contributed by atoms with van der Waals surface area (Å²) in [6, 6.07) is 0.323. The van der Waals surface area contributed by atoms with E-state index in [1.165, 1.54) is 12.8 Å². The second-order valence-electron chi connectivity index (χ2n) is 4.73. The van der Waals surface area contributed by atoms with E-state index >= 15 is 0 Å². The molecule has 1 fully saturated rings. The average molecular weight is 242 g/mol. The molecular formula is C12H22N2O3. The minimum atomic E-state index is -0.826. The molecule has 98 valence electrons. The molecule has 0 bridgehead atoms. The molecule has 0 spiro atoms. The smallest absolute Gasteiger partial charge is 0.304 e. The van der Waals surface area contributed by atoms with Gasteiger partial charge in [-0.1, -0.05) is 25.7 Å². The SMILES string of the molecule is NC(=O)CN(CCC(=O)O)C1CCCCCC1. The molecule has 0 aromatic rings. The van der Waals surface area contributed by atoms with Gasteiger partial charge in [-0.25, -0.2) is 0 Å². The number of nitrogens with zero attached hydrogens (tertiary/aromatic N) is 1. The van der Waals surface area contributed by atoms with Crippen molar-refractivity contribution >= 4 is 11.9 Å². The maximum Gasteiger partial charge on any atom is 0.304 e. The van der Waals surface area contributed by atoms with E-state index in [-0.39, 0.29) is 18.9 Å². The van der Waals surface area contributed by atoms with Crippen LogP contribution in [0.2, 0.25) is 0 Å². The summed E-state index contributed by atoms with van der Waals surface area (Å²) >= 11 is 0. The Labute approximate surface area is 102 Å². The summed E-state index contributed by atoms with van der Waals surface area (Å²) in [5, 5.41) is 8.71. The lowest BCUT2D eigenvalue weighted by Gasteiger charge is -2.29.